The summed E-state index contributed by atoms with van der Waals surface area (Å²) in [7, 11) is 0. The second-order valence-electron chi connectivity index (χ2n) is 4.88. The topological polar surface area (TPSA) is 36.4 Å². The third-order valence-electron chi connectivity index (χ3n) is 3.71. The van der Waals surface area contributed by atoms with Crippen molar-refractivity contribution in [1.82, 2.24) is 4.98 Å². The Morgan fingerprint density at radius 2 is 2.28 bits per heavy atom. The minimum atomic E-state index is -0.438. The van der Waals surface area contributed by atoms with Crippen LogP contribution in [0.25, 0.3) is 0 Å². The molecule has 1 N–H and O–H groups in total. The van der Waals surface area contributed by atoms with Gasteiger partial charge in [-0.05, 0) is 25.5 Å². The van der Waals surface area contributed by atoms with E-state index in [0.29, 0.717) is 17.7 Å². The Bertz CT molecular complexity index is 382. The van der Waals surface area contributed by atoms with E-state index in [1.165, 1.54) is 11.4 Å². The van der Waals surface area contributed by atoms with Crippen LogP contribution < -0.4 is 4.90 Å². The maximum atomic E-state index is 9.75. The summed E-state index contributed by atoms with van der Waals surface area (Å²) in [6.45, 7) is 7.59. The van der Waals surface area contributed by atoms with E-state index in [2.05, 4.69) is 29.8 Å². The zero-order valence-electron chi connectivity index (χ0n) is 11.3. The van der Waals surface area contributed by atoms with Gasteiger partial charge in [0, 0.05) is 23.6 Å². The molecule has 1 saturated heterocycles. The molecular formula is C14H22N2OS. The Morgan fingerprint density at radius 1 is 1.50 bits per heavy atom. The molecule has 18 heavy (non-hydrogen) atoms. The number of pyridine rings is 1. The highest BCUT2D eigenvalue weighted by molar-refractivity contribution is 8.00. The molecule has 4 heteroatoms. The molecule has 0 aromatic carbocycles. The van der Waals surface area contributed by atoms with Gasteiger partial charge >= 0.3 is 0 Å². The molecule has 3 atom stereocenters. The van der Waals surface area contributed by atoms with Gasteiger partial charge in [0.1, 0.15) is 0 Å². The highest BCUT2D eigenvalue weighted by Gasteiger charge is 2.25. The Labute approximate surface area is 114 Å². The van der Waals surface area contributed by atoms with Gasteiger partial charge in [0.2, 0.25) is 0 Å². The lowest BCUT2D eigenvalue weighted by molar-refractivity contribution is 0.169. The Hall–Kier alpha value is -0.740. The molecule has 0 saturated carbocycles. The average Bonchev–Trinajstić information content (AvgIpc) is 2.41. The molecule has 100 valence electrons. The van der Waals surface area contributed by atoms with Crippen molar-refractivity contribution in [3.05, 3.63) is 24.0 Å². The molecule has 2 unspecified atom stereocenters. The summed E-state index contributed by atoms with van der Waals surface area (Å²) < 4.78 is 0. The van der Waals surface area contributed by atoms with Crippen molar-refractivity contribution in [2.24, 2.45) is 0 Å². The van der Waals surface area contributed by atoms with E-state index in [1.54, 1.807) is 0 Å². The summed E-state index contributed by atoms with van der Waals surface area (Å²) >= 11 is 2.03. The van der Waals surface area contributed by atoms with Crippen molar-refractivity contribution < 1.29 is 5.11 Å². The van der Waals surface area contributed by atoms with Crippen LogP contribution in [0, 0.1) is 0 Å². The first kappa shape index (κ1) is 13.7. The van der Waals surface area contributed by atoms with Gasteiger partial charge in [-0.15, -0.1) is 0 Å². The van der Waals surface area contributed by atoms with Crippen molar-refractivity contribution in [1.29, 1.82) is 0 Å². The minimum absolute atomic E-state index is 0.438. The summed E-state index contributed by atoms with van der Waals surface area (Å²) in [5.74, 6) is 1.17. The maximum Gasteiger partial charge on any atom is 0.0957 e. The molecule has 2 heterocycles. The number of aromatic nitrogens is 1. The molecular weight excluding hydrogens is 244 g/mol. The molecule has 1 aromatic heterocycles. The van der Waals surface area contributed by atoms with Crippen LogP contribution in [-0.2, 0) is 0 Å². The van der Waals surface area contributed by atoms with Crippen molar-refractivity contribution in [3.63, 3.8) is 0 Å². The predicted octanol–water partition coefficient (Wildman–Crippen LogP) is 2.86. The second kappa shape index (κ2) is 5.93. The smallest absolute Gasteiger partial charge is 0.0957 e. The third-order valence-corrected chi connectivity index (χ3v) is 5.05. The molecule has 1 aliphatic heterocycles. The molecule has 2 rings (SSSR count). The lowest BCUT2D eigenvalue weighted by Crippen LogP contribution is -2.44. The van der Waals surface area contributed by atoms with Gasteiger partial charge in [-0.2, -0.15) is 11.8 Å². The summed E-state index contributed by atoms with van der Waals surface area (Å²) in [5, 5.41) is 10.4. The van der Waals surface area contributed by atoms with Gasteiger partial charge in [0.15, 0.2) is 0 Å². The number of hydrogen-bond acceptors (Lipinski definition) is 4. The van der Waals surface area contributed by atoms with Gasteiger partial charge in [-0.1, -0.05) is 13.8 Å². The van der Waals surface area contributed by atoms with E-state index in [1.807, 2.05) is 30.9 Å². The Kier molecular flexibility index (Phi) is 4.51. The van der Waals surface area contributed by atoms with Crippen LogP contribution in [-0.4, -0.2) is 33.7 Å². The first-order valence-corrected chi connectivity index (χ1v) is 7.70. The average molecular weight is 266 g/mol. The molecule has 0 bridgehead atoms. The molecule has 1 aromatic rings. The quantitative estimate of drug-likeness (QED) is 0.912. The van der Waals surface area contributed by atoms with Gasteiger partial charge in [0.05, 0.1) is 23.7 Å². The molecule has 1 fully saturated rings. The lowest BCUT2D eigenvalue weighted by atomic mass is 10.1. The van der Waals surface area contributed by atoms with Crippen LogP contribution in [0.3, 0.4) is 0 Å². The van der Waals surface area contributed by atoms with Crippen LogP contribution in [0.2, 0.25) is 0 Å². The SMILES string of the molecule is CC[C@H](O)c1ccc(N2CCSC(C)C2C)cn1. The summed E-state index contributed by atoms with van der Waals surface area (Å²) in [6, 6.07) is 4.57. The highest BCUT2D eigenvalue weighted by Crippen LogP contribution is 2.29. The largest absolute Gasteiger partial charge is 0.387 e. The molecule has 0 aliphatic carbocycles. The van der Waals surface area contributed by atoms with Gasteiger partial charge in [-0.25, -0.2) is 0 Å². The highest BCUT2D eigenvalue weighted by atomic mass is 32.2. The van der Waals surface area contributed by atoms with Gasteiger partial charge < -0.3 is 10.0 Å². The molecule has 0 amide bonds. The van der Waals surface area contributed by atoms with E-state index < -0.39 is 6.10 Å². The number of nitrogens with zero attached hydrogens (tertiary/aromatic N) is 2. The first-order chi connectivity index (χ1) is 8.63. The third kappa shape index (κ3) is 2.81. The number of anilines is 1. The second-order valence-corrected chi connectivity index (χ2v) is 6.36. The fraction of sp³-hybridized carbons (Fsp3) is 0.643. The lowest BCUT2D eigenvalue weighted by Gasteiger charge is -2.39. The number of aliphatic hydroxyl groups is 1. The fourth-order valence-electron chi connectivity index (χ4n) is 2.27. The molecule has 0 spiro atoms. The fourth-order valence-corrected chi connectivity index (χ4v) is 3.37. The minimum Gasteiger partial charge on any atom is -0.387 e. The standard InChI is InChI=1S/C14H22N2OS/c1-4-14(17)13-6-5-12(9-15-13)16-7-8-18-11(3)10(16)2/h5-6,9-11,14,17H,4,7-8H2,1-3H3/t10?,11?,14-/m0/s1. The van der Waals surface area contributed by atoms with Gasteiger partial charge in [-0.3, -0.25) is 4.98 Å². The number of hydrogen-bond donors (Lipinski definition) is 1. The normalized spacial score (nSPS) is 26.1. The van der Waals surface area contributed by atoms with Crippen molar-refractivity contribution in [3.8, 4) is 0 Å². The van der Waals surface area contributed by atoms with Crippen molar-refractivity contribution in [2.75, 3.05) is 17.2 Å². The monoisotopic (exact) mass is 266 g/mol. The summed E-state index contributed by atoms with van der Waals surface area (Å²) in [6.07, 6.45) is 2.17. The zero-order valence-corrected chi connectivity index (χ0v) is 12.2. The molecule has 3 nitrogen and oxygen atoms in total. The number of thioether (sulfide) groups is 1. The Balaban J connectivity index is 2.13. The van der Waals surface area contributed by atoms with E-state index in [-0.39, 0.29) is 0 Å². The van der Waals surface area contributed by atoms with Crippen LogP contribution in [0.5, 0.6) is 0 Å². The number of rotatable bonds is 3. The summed E-state index contributed by atoms with van der Waals surface area (Å²) in [5.41, 5.74) is 1.94. The summed E-state index contributed by atoms with van der Waals surface area (Å²) in [4.78, 5) is 6.80. The van der Waals surface area contributed by atoms with Crippen molar-refractivity contribution in [2.45, 2.75) is 44.6 Å². The predicted molar refractivity (Wildman–Crippen MR) is 78.2 cm³/mol. The van der Waals surface area contributed by atoms with E-state index >= 15 is 0 Å². The maximum absolute atomic E-state index is 9.75. The van der Waals surface area contributed by atoms with Crippen molar-refractivity contribution >= 4 is 17.4 Å². The van der Waals surface area contributed by atoms with Crippen LogP contribution in [0.1, 0.15) is 39.0 Å². The van der Waals surface area contributed by atoms with E-state index in [0.717, 1.165) is 12.2 Å². The van der Waals surface area contributed by atoms with E-state index in [4.69, 9.17) is 0 Å². The van der Waals surface area contributed by atoms with Crippen LogP contribution in [0.4, 0.5) is 5.69 Å². The zero-order chi connectivity index (χ0) is 13.1. The van der Waals surface area contributed by atoms with E-state index in [9.17, 15) is 5.11 Å². The Morgan fingerprint density at radius 3 is 2.89 bits per heavy atom. The molecule has 0 radical (unpaired) electrons. The van der Waals surface area contributed by atoms with Crippen LogP contribution >= 0.6 is 11.8 Å². The van der Waals surface area contributed by atoms with Crippen LogP contribution in [0.15, 0.2) is 18.3 Å². The molecule has 1 aliphatic rings. The first-order valence-electron chi connectivity index (χ1n) is 6.65. The van der Waals surface area contributed by atoms with Gasteiger partial charge in [0.25, 0.3) is 0 Å². The number of aliphatic hydroxyl groups excluding tert-OH is 1.